The van der Waals surface area contributed by atoms with Crippen LogP contribution in [0.3, 0.4) is 0 Å². The maximum absolute atomic E-state index is 12.2. The summed E-state index contributed by atoms with van der Waals surface area (Å²) in [6.07, 6.45) is 0. The van der Waals surface area contributed by atoms with E-state index in [4.69, 9.17) is 11.6 Å². The van der Waals surface area contributed by atoms with Gasteiger partial charge in [-0.15, -0.1) is 0 Å². The summed E-state index contributed by atoms with van der Waals surface area (Å²) in [5, 5.41) is 4.34. The molecule has 1 rings (SSSR count). The number of benzene rings is 1. The van der Waals surface area contributed by atoms with Gasteiger partial charge in [0.15, 0.2) is 0 Å². The molecule has 0 aliphatic heterocycles. The minimum absolute atomic E-state index is 0.0914. The number of carbonyl (C=O) groups is 1. The first-order valence-electron chi connectivity index (χ1n) is 5.53. The normalized spacial score (nSPS) is 11.3. The van der Waals surface area contributed by atoms with Crippen molar-refractivity contribution in [2.45, 2.75) is 13.8 Å². The van der Waals surface area contributed by atoms with E-state index in [0.29, 0.717) is 17.1 Å². The third-order valence-electron chi connectivity index (χ3n) is 2.35. The lowest BCUT2D eigenvalue weighted by molar-refractivity contribution is 0.0813. The van der Waals surface area contributed by atoms with Crippen LogP contribution in [0.25, 0.3) is 0 Å². The van der Waals surface area contributed by atoms with Crippen LogP contribution in [-0.4, -0.2) is 37.2 Å². The molecule has 5 heteroatoms. The summed E-state index contributed by atoms with van der Waals surface area (Å²) >= 11 is 5.94. The van der Waals surface area contributed by atoms with E-state index in [9.17, 15) is 4.79 Å². The summed E-state index contributed by atoms with van der Waals surface area (Å²) in [5.74, 6) is -0.0914. The molecular weight excluding hydrogens is 252 g/mol. The number of hydrogen-bond donors (Lipinski definition) is 0. The molecule has 0 spiro atoms. The Kier molecular flexibility index (Phi) is 5.16. The molecule has 0 radical (unpaired) electrons. The first-order chi connectivity index (χ1) is 8.43. The number of hydrogen-bond acceptors (Lipinski definition) is 3. The Bertz CT molecular complexity index is 452. The maximum atomic E-state index is 12.2. The van der Waals surface area contributed by atoms with Crippen molar-refractivity contribution in [3.05, 3.63) is 34.3 Å². The molecular formula is C13H17ClN2O2. The lowest BCUT2D eigenvalue weighted by atomic mass is 10.1. The fourth-order valence-electron chi connectivity index (χ4n) is 1.68. The quantitative estimate of drug-likeness (QED) is 0.622. The molecule has 0 aliphatic rings. The second kappa shape index (κ2) is 6.40. The molecule has 0 atom stereocenters. The topological polar surface area (TPSA) is 41.9 Å². The molecule has 4 nitrogen and oxygen atoms in total. The molecule has 1 aromatic carbocycles. The van der Waals surface area contributed by atoms with E-state index in [0.717, 1.165) is 11.3 Å². The highest BCUT2D eigenvalue weighted by atomic mass is 35.5. The van der Waals surface area contributed by atoms with Crippen LogP contribution in [0.2, 0.25) is 5.02 Å². The third-order valence-corrected chi connectivity index (χ3v) is 2.57. The second-order valence-electron chi connectivity index (χ2n) is 4.19. The lowest BCUT2D eigenvalue weighted by Crippen LogP contribution is -2.31. The Labute approximate surface area is 112 Å². The fraction of sp³-hybridized carbons (Fsp3) is 0.385. The van der Waals surface area contributed by atoms with E-state index in [1.165, 1.54) is 7.11 Å². The molecule has 18 heavy (non-hydrogen) atoms. The van der Waals surface area contributed by atoms with E-state index < -0.39 is 0 Å². The molecule has 1 aromatic rings. The van der Waals surface area contributed by atoms with Gasteiger partial charge >= 0.3 is 0 Å². The highest BCUT2D eigenvalue weighted by molar-refractivity contribution is 6.31. The Hall–Kier alpha value is -1.55. The van der Waals surface area contributed by atoms with Crippen molar-refractivity contribution < 1.29 is 9.63 Å². The predicted molar refractivity (Wildman–Crippen MR) is 73.3 cm³/mol. The van der Waals surface area contributed by atoms with Crippen LogP contribution in [0.5, 0.6) is 0 Å². The number of carbonyl (C=O) groups excluding carboxylic acids is 1. The molecule has 0 heterocycles. The van der Waals surface area contributed by atoms with Gasteiger partial charge in [0.1, 0.15) is 7.11 Å². The van der Waals surface area contributed by atoms with E-state index in [2.05, 4.69) is 9.99 Å². The highest BCUT2D eigenvalue weighted by Crippen LogP contribution is 2.15. The zero-order chi connectivity index (χ0) is 13.7. The molecule has 0 aromatic heterocycles. The van der Waals surface area contributed by atoms with Gasteiger partial charge in [-0.3, -0.25) is 4.79 Å². The number of oxime groups is 1. The molecule has 0 aliphatic carbocycles. The van der Waals surface area contributed by atoms with Gasteiger partial charge in [-0.05, 0) is 37.6 Å². The van der Waals surface area contributed by atoms with Crippen molar-refractivity contribution >= 4 is 23.2 Å². The van der Waals surface area contributed by atoms with E-state index in [1.807, 2.05) is 19.1 Å². The molecule has 0 fully saturated rings. The molecule has 0 unspecified atom stereocenters. The standard InChI is InChI=1S/C13H17ClN2O2/c1-9-5-11(7-12(14)6-9)13(17)16(3)8-10(2)15-18-4/h5-7H,8H2,1-4H3. The van der Waals surface area contributed by atoms with Crippen molar-refractivity contribution in [1.29, 1.82) is 0 Å². The molecule has 98 valence electrons. The van der Waals surface area contributed by atoms with Crippen molar-refractivity contribution in [1.82, 2.24) is 4.90 Å². The van der Waals surface area contributed by atoms with Crippen molar-refractivity contribution in [2.75, 3.05) is 20.7 Å². The first-order valence-corrected chi connectivity index (χ1v) is 5.91. The van der Waals surface area contributed by atoms with Crippen molar-refractivity contribution in [3.8, 4) is 0 Å². The molecule has 1 amide bonds. The summed E-state index contributed by atoms with van der Waals surface area (Å²) in [6.45, 7) is 4.12. The Balaban J connectivity index is 2.83. The lowest BCUT2D eigenvalue weighted by Gasteiger charge is -2.17. The van der Waals surface area contributed by atoms with Crippen LogP contribution < -0.4 is 0 Å². The molecule has 0 saturated carbocycles. The average molecular weight is 269 g/mol. The van der Waals surface area contributed by atoms with E-state index >= 15 is 0 Å². The van der Waals surface area contributed by atoms with Gasteiger partial charge in [0.2, 0.25) is 0 Å². The summed E-state index contributed by atoms with van der Waals surface area (Å²) in [7, 11) is 3.19. The van der Waals surface area contributed by atoms with Crippen LogP contribution in [0, 0.1) is 6.92 Å². The largest absolute Gasteiger partial charge is 0.399 e. The first kappa shape index (κ1) is 14.5. The summed E-state index contributed by atoms with van der Waals surface area (Å²) < 4.78 is 0. The van der Waals surface area contributed by atoms with Gasteiger partial charge in [0, 0.05) is 17.6 Å². The van der Waals surface area contributed by atoms with Gasteiger partial charge in [-0.2, -0.15) is 0 Å². The van der Waals surface area contributed by atoms with Crippen LogP contribution in [0.15, 0.2) is 23.4 Å². The third kappa shape index (κ3) is 4.04. The van der Waals surface area contributed by atoms with E-state index in [1.54, 1.807) is 24.9 Å². The Morgan fingerprint density at radius 1 is 1.44 bits per heavy atom. The zero-order valence-electron chi connectivity index (χ0n) is 11.0. The minimum Gasteiger partial charge on any atom is -0.399 e. The number of amides is 1. The number of aryl methyl sites for hydroxylation is 1. The van der Waals surface area contributed by atoms with Gasteiger partial charge in [-0.25, -0.2) is 0 Å². The zero-order valence-corrected chi connectivity index (χ0v) is 11.8. The van der Waals surface area contributed by atoms with Gasteiger partial charge in [0.25, 0.3) is 5.91 Å². The molecule has 0 N–H and O–H groups in total. The fourth-order valence-corrected chi connectivity index (χ4v) is 1.97. The smallest absolute Gasteiger partial charge is 0.253 e. The SMILES string of the molecule is CON=C(C)CN(C)C(=O)c1cc(C)cc(Cl)c1. The Morgan fingerprint density at radius 3 is 2.67 bits per heavy atom. The monoisotopic (exact) mass is 268 g/mol. The van der Waals surface area contributed by atoms with Crippen LogP contribution in [0.1, 0.15) is 22.8 Å². The highest BCUT2D eigenvalue weighted by Gasteiger charge is 2.13. The van der Waals surface area contributed by atoms with Crippen LogP contribution >= 0.6 is 11.6 Å². The van der Waals surface area contributed by atoms with Crippen LogP contribution in [-0.2, 0) is 4.84 Å². The van der Waals surface area contributed by atoms with E-state index in [-0.39, 0.29) is 5.91 Å². The number of rotatable bonds is 4. The van der Waals surface area contributed by atoms with Crippen molar-refractivity contribution in [2.24, 2.45) is 5.16 Å². The predicted octanol–water partition coefficient (Wildman–Crippen LogP) is 2.74. The van der Waals surface area contributed by atoms with Gasteiger partial charge in [0.05, 0.1) is 12.3 Å². The summed E-state index contributed by atoms with van der Waals surface area (Å²) in [6, 6.07) is 5.29. The minimum atomic E-state index is -0.0914. The van der Waals surface area contributed by atoms with Crippen molar-refractivity contribution in [3.63, 3.8) is 0 Å². The Morgan fingerprint density at radius 2 is 2.11 bits per heavy atom. The van der Waals surface area contributed by atoms with Crippen LogP contribution in [0.4, 0.5) is 0 Å². The second-order valence-corrected chi connectivity index (χ2v) is 4.62. The van der Waals surface area contributed by atoms with Gasteiger partial charge in [-0.1, -0.05) is 16.8 Å². The molecule has 0 bridgehead atoms. The maximum Gasteiger partial charge on any atom is 0.253 e. The number of halogens is 1. The summed E-state index contributed by atoms with van der Waals surface area (Å²) in [5.41, 5.74) is 2.27. The number of nitrogens with zero attached hydrogens (tertiary/aromatic N) is 2. The van der Waals surface area contributed by atoms with Gasteiger partial charge < -0.3 is 9.74 Å². The average Bonchev–Trinajstić information content (AvgIpc) is 2.26. The molecule has 0 saturated heterocycles. The summed E-state index contributed by atoms with van der Waals surface area (Å²) in [4.78, 5) is 18.4.